The van der Waals surface area contributed by atoms with Crippen LogP contribution in [0.1, 0.15) is 0 Å². The Labute approximate surface area is 130 Å². The van der Waals surface area contributed by atoms with Gasteiger partial charge in [0.2, 0.25) is 0 Å². The van der Waals surface area contributed by atoms with Gasteiger partial charge in [0.1, 0.15) is 0 Å². The van der Waals surface area contributed by atoms with Gasteiger partial charge in [0, 0.05) is 0 Å². The van der Waals surface area contributed by atoms with Crippen LogP contribution in [0.3, 0.4) is 0 Å². The van der Waals surface area contributed by atoms with E-state index in [0.29, 0.717) is 0 Å². The first-order chi connectivity index (χ1) is 10.9. The predicted molar refractivity (Wildman–Crippen MR) is 46.0 cm³/mol. The van der Waals surface area contributed by atoms with Gasteiger partial charge in [-0.25, -0.2) is 0 Å². The summed E-state index contributed by atoms with van der Waals surface area (Å²) in [6, 6.07) is 0. The standard InChI is InChI=1S/C9HF17/c10-2(11)1-3(12,13)4(14,15)5(16,17)6(18,19)7(20,21)8(22,23)9(24,25)26/h1H. The number of hydrogen-bond donors (Lipinski definition) is 0. The van der Waals surface area contributed by atoms with Crippen LogP contribution in [0.4, 0.5) is 74.6 Å². The van der Waals surface area contributed by atoms with Crippen LogP contribution in [0, 0.1) is 0 Å². The fourth-order valence-electron chi connectivity index (χ4n) is 1.21. The third kappa shape index (κ3) is 3.16. The van der Waals surface area contributed by atoms with Crippen LogP contribution in [-0.2, 0) is 0 Å². The summed E-state index contributed by atoms with van der Waals surface area (Å²) in [6.45, 7) is 0. The van der Waals surface area contributed by atoms with Gasteiger partial charge in [-0.05, 0) is 0 Å². The lowest BCUT2D eigenvalue weighted by Gasteiger charge is -2.40. The number of halogens is 17. The zero-order valence-corrected chi connectivity index (χ0v) is 11.0. The fraction of sp³-hybridized carbons (Fsp3) is 0.778. The Morgan fingerprint density at radius 2 is 0.692 bits per heavy atom. The molecule has 0 amide bonds. The Hall–Kier alpha value is -1.45. The summed E-state index contributed by atoms with van der Waals surface area (Å²) in [5.74, 6) is -48.3. The molecule has 17 heteroatoms. The Morgan fingerprint density at radius 3 is 0.962 bits per heavy atom. The lowest BCUT2D eigenvalue weighted by atomic mass is 9.91. The summed E-state index contributed by atoms with van der Waals surface area (Å²) in [4.78, 5) is 0. The highest BCUT2D eigenvalue weighted by Gasteiger charge is 2.93. The van der Waals surface area contributed by atoms with Crippen LogP contribution in [-0.4, -0.2) is 41.7 Å². The minimum absolute atomic E-state index is 2.41. The summed E-state index contributed by atoms with van der Waals surface area (Å²) in [7, 11) is 0. The van der Waals surface area contributed by atoms with Gasteiger partial charge < -0.3 is 0 Å². The molecule has 0 atom stereocenters. The van der Waals surface area contributed by atoms with Crippen molar-refractivity contribution in [3.05, 3.63) is 12.2 Å². The van der Waals surface area contributed by atoms with E-state index in [1.807, 2.05) is 0 Å². The van der Waals surface area contributed by atoms with Crippen molar-refractivity contribution < 1.29 is 74.6 Å². The molecule has 0 spiro atoms. The van der Waals surface area contributed by atoms with Crippen LogP contribution in [0.5, 0.6) is 0 Å². The maximum atomic E-state index is 12.9. The summed E-state index contributed by atoms with van der Waals surface area (Å²) < 4.78 is 211. The van der Waals surface area contributed by atoms with E-state index in [0.717, 1.165) is 0 Å². The minimum atomic E-state index is -8.48. The Balaban J connectivity index is 6.56. The van der Waals surface area contributed by atoms with Crippen LogP contribution in [0.25, 0.3) is 0 Å². The first-order valence-corrected chi connectivity index (χ1v) is 5.29. The molecule has 0 nitrogen and oxygen atoms in total. The first kappa shape index (κ1) is 24.6. The van der Waals surface area contributed by atoms with E-state index in [1.165, 1.54) is 0 Å². The molecule has 0 heterocycles. The fourth-order valence-corrected chi connectivity index (χ4v) is 1.21. The molecular weight excluding hydrogens is 431 g/mol. The molecule has 0 unspecified atom stereocenters. The van der Waals surface area contributed by atoms with E-state index < -0.39 is 53.9 Å². The second-order valence-electron chi connectivity index (χ2n) is 4.43. The normalized spacial score (nSPS) is 15.9. The molecule has 0 rings (SSSR count). The van der Waals surface area contributed by atoms with Crippen LogP contribution in [0.2, 0.25) is 0 Å². The molecule has 0 aliphatic rings. The smallest absolute Gasteiger partial charge is 0.195 e. The molecule has 0 fully saturated rings. The second kappa shape index (κ2) is 6.03. The average molecular weight is 432 g/mol. The summed E-state index contributed by atoms with van der Waals surface area (Å²) in [5, 5.41) is 0. The lowest BCUT2D eigenvalue weighted by molar-refractivity contribution is -0.449. The van der Waals surface area contributed by atoms with Gasteiger partial charge in [-0.2, -0.15) is 74.6 Å². The molecule has 0 aromatic carbocycles. The van der Waals surface area contributed by atoms with Crippen molar-refractivity contribution in [2.24, 2.45) is 0 Å². The SMILES string of the molecule is FC(F)=CC(F)(F)C(F)(F)C(F)(F)C(F)(F)C(F)(F)C(F)(F)C(F)(F)F. The Morgan fingerprint density at radius 1 is 0.423 bits per heavy atom. The van der Waals surface area contributed by atoms with E-state index in [9.17, 15) is 74.6 Å². The molecule has 26 heavy (non-hydrogen) atoms. The monoisotopic (exact) mass is 432 g/mol. The van der Waals surface area contributed by atoms with Crippen molar-refractivity contribution in [2.75, 3.05) is 0 Å². The molecule has 156 valence electrons. The van der Waals surface area contributed by atoms with Crippen LogP contribution < -0.4 is 0 Å². The molecule has 0 aliphatic heterocycles. The average Bonchev–Trinajstić information content (AvgIpc) is 2.34. The molecule has 0 N–H and O–H groups in total. The Kier molecular flexibility index (Phi) is 5.70. The van der Waals surface area contributed by atoms with Gasteiger partial charge in [-0.1, -0.05) is 0 Å². The predicted octanol–water partition coefficient (Wildman–Crippen LogP) is 6.14. The van der Waals surface area contributed by atoms with Crippen molar-refractivity contribution >= 4 is 0 Å². The van der Waals surface area contributed by atoms with E-state index in [1.54, 1.807) is 0 Å². The van der Waals surface area contributed by atoms with Gasteiger partial charge in [0.05, 0.1) is 6.08 Å². The molecule has 0 saturated heterocycles. The van der Waals surface area contributed by atoms with Crippen LogP contribution in [0.15, 0.2) is 12.2 Å². The highest BCUT2D eigenvalue weighted by Crippen LogP contribution is 2.62. The van der Waals surface area contributed by atoms with E-state index in [4.69, 9.17) is 0 Å². The summed E-state index contributed by atoms with van der Waals surface area (Å²) in [5.41, 5.74) is 0. The topological polar surface area (TPSA) is 0 Å². The van der Waals surface area contributed by atoms with Crippen molar-refractivity contribution in [3.8, 4) is 0 Å². The van der Waals surface area contributed by atoms with E-state index in [-0.39, 0.29) is 0 Å². The molecule has 0 aliphatic carbocycles. The van der Waals surface area contributed by atoms with E-state index >= 15 is 0 Å². The highest BCUT2D eigenvalue weighted by atomic mass is 19.4. The van der Waals surface area contributed by atoms with Gasteiger partial charge in [-0.3, -0.25) is 0 Å². The number of hydrogen-bond acceptors (Lipinski definition) is 0. The van der Waals surface area contributed by atoms with Gasteiger partial charge in [0.25, 0.3) is 6.08 Å². The molecule has 0 aromatic heterocycles. The highest BCUT2D eigenvalue weighted by molar-refractivity contribution is 5.16. The third-order valence-corrected chi connectivity index (χ3v) is 2.64. The van der Waals surface area contributed by atoms with Gasteiger partial charge >= 0.3 is 41.7 Å². The minimum Gasteiger partial charge on any atom is -0.195 e. The maximum Gasteiger partial charge on any atom is 0.460 e. The number of alkyl halides is 15. The van der Waals surface area contributed by atoms with Crippen molar-refractivity contribution in [1.82, 2.24) is 0 Å². The zero-order valence-electron chi connectivity index (χ0n) is 11.0. The molecule has 0 radical (unpaired) electrons. The zero-order chi connectivity index (χ0) is 21.8. The van der Waals surface area contributed by atoms with Gasteiger partial charge in [-0.15, -0.1) is 0 Å². The number of allylic oxidation sites excluding steroid dienone is 1. The Bertz CT molecular complexity index is 545. The lowest BCUT2D eigenvalue weighted by Crippen LogP contribution is -2.72. The van der Waals surface area contributed by atoms with Crippen molar-refractivity contribution in [3.63, 3.8) is 0 Å². The molecule has 0 saturated carbocycles. The summed E-state index contributed by atoms with van der Waals surface area (Å²) in [6.07, 6.45) is -14.0. The maximum absolute atomic E-state index is 12.9. The molecule has 0 bridgehead atoms. The van der Waals surface area contributed by atoms with Gasteiger partial charge in [0.15, 0.2) is 0 Å². The van der Waals surface area contributed by atoms with Crippen LogP contribution >= 0.6 is 0 Å². The van der Waals surface area contributed by atoms with E-state index in [2.05, 4.69) is 0 Å². The second-order valence-corrected chi connectivity index (χ2v) is 4.43. The molecular formula is C9HF17. The largest absolute Gasteiger partial charge is 0.460 e. The third-order valence-electron chi connectivity index (χ3n) is 2.64. The van der Waals surface area contributed by atoms with Crippen molar-refractivity contribution in [1.29, 1.82) is 0 Å². The summed E-state index contributed by atoms with van der Waals surface area (Å²) >= 11 is 0. The molecule has 0 aromatic rings. The first-order valence-electron chi connectivity index (χ1n) is 5.29. The number of rotatable bonds is 6. The quantitative estimate of drug-likeness (QED) is 0.443. The van der Waals surface area contributed by atoms with Crippen molar-refractivity contribution in [2.45, 2.75) is 41.7 Å².